The highest BCUT2D eigenvalue weighted by molar-refractivity contribution is 7.98. The maximum Gasteiger partial charge on any atom is 0.329 e. The first-order valence-corrected chi connectivity index (χ1v) is 15.2. The molecule has 0 aliphatic rings. The third-order valence-electron chi connectivity index (χ3n) is 6.52. The van der Waals surface area contributed by atoms with E-state index in [1.54, 1.807) is 42.5 Å². The quantitative estimate of drug-likeness (QED) is 0.123. The fourth-order valence-electron chi connectivity index (χ4n) is 3.88. The third kappa shape index (κ3) is 13.0. The number of nitrogens with one attached hydrogen (secondary N) is 4. The molecule has 0 unspecified atom stereocenters. The number of aliphatic carboxylic acids is 1. The lowest BCUT2D eigenvalue weighted by Crippen LogP contribution is -2.59. The van der Waals surface area contributed by atoms with Crippen molar-refractivity contribution < 1.29 is 39.3 Å². The van der Waals surface area contributed by atoms with E-state index in [0.29, 0.717) is 5.75 Å². The molecule has 0 radical (unpaired) electrons. The van der Waals surface area contributed by atoms with Crippen LogP contribution in [0.1, 0.15) is 31.4 Å². The van der Waals surface area contributed by atoms with Gasteiger partial charge in [-0.2, -0.15) is 11.8 Å². The van der Waals surface area contributed by atoms with E-state index in [2.05, 4.69) is 21.3 Å². The van der Waals surface area contributed by atoms with Crippen LogP contribution < -0.4 is 27.0 Å². The molecule has 0 heterocycles. The van der Waals surface area contributed by atoms with Crippen LogP contribution in [0.3, 0.4) is 0 Å². The molecule has 0 aromatic heterocycles. The molecule has 0 aliphatic carbocycles. The molecule has 4 amide bonds. The topological polar surface area (TPSA) is 220 Å². The standard InChI is InChI=1S/C29H39N5O7S.CH4O/c1-18(32-26(38)22(30)15-20-9-11-21(35)12-10-20)25(37)31-17-24(36)33-23(16-19-7-5-4-6-8-19)27(39)34-29(2,28(40)41)13-14-42-3;1-2/h4-12,18,22-23,35H,13-17,30H2,1-3H3,(H,31,37)(H,32,38)(H,33,36)(H,34,39)(H,40,41);2H,1H3/t18-,22+,23+,29+;/m1./s1. The molecule has 14 heteroatoms. The van der Waals surface area contributed by atoms with E-state index in [-0.39, 0.29) is 25.0 Å². The summed E-state index contributed by atoms with van der Waals surface area (Å²) in [5, 5.41) is 36.2. The van der Waals surface area contributed by atoms with Crippen molar-refractivity contribution in [1.29, 1.82) is 0 Å². The first-order chi connectivity index (χ1) is 20.8. The molecule has 2 aromatic carbocycles. The van der Waals surface area contributed by atoms with Gasteiger partial charge in [-0.05, 0) is 62.0 Å². The van der Waals surface area contributed by atoms with Crippen molar-refractivity contribution in [1.82, 2.24) is 21.3 Å². The minimum absolute atomic E-state index is 0.0861. The van der Waals surface area contributed by atoms with Crippen LogP contribution in [0.25, 0.3) is 0 Å². The van der Waals surface area contributed by atoms with Crippen molar-refractivity contribution in [3.63, 3.8) is 0 Å². The normalized spacial score (nSPS) is 13.9. The van der Waals surface area contributed by atoms with Crippen molar-refractivity contribution in [3.05, 3.63) is 65.7 Å². The minimum Gasteiger partial charge on any atom is -0.508 e. The zero-order chi connectivity index (χ0) is 33.3. The number of thioether (sulfide) groups is 1. The first kappa shape index (κ1) is 37.9. The SMILES string of the molecule is CO.CSCC[C@](C)(NC(=O)[C@H](Cc1ccccc1)NC(=O)CNC(=O)[C@@H](C)NC(=O)[C@@H](N)Cc1ccc(O)cc1)C(=O)O. The number of rotatable bonds is 16. The zero-order valence-electron chi connectivity index (χ0n) is 25.3. The van der Waals surface area contributed by atoms with Gasteiger partial charge in [0.1, 0.15) is 23.4 Å². The Hall–Kier alpha value is -4.14. The predicted octanol–water partition coefficient (Wildman–Crippen LogP) is -0.0685. The maximum atomic E-state index is 13.2. The van der Waals surface area contributed by atoms with Crippen LogP contribution in [0.2, 0.25) is 0 Å². The number of carbonyl (C=O) groups excluding carboxylic acids is 4. The Morgan fingerprint density at radius 1 is 0.886 bits per heavy atom. The van der Waals surface area contributed by atoms with Crippen LogP contribution in [0.15, 0.2) is 54.6 Å². The highest BCUT2D eigenvalue weighted by Gasteiger charge is 2.36. The van der Waals surface area contributed by atoms with Crippen molar-refractivity contribution in [2.45, 2.75) is 56.8 Å². The number of aliphatic hydroxyl groups is 1. The summed E-state index contributed by atoms with van der Waals surface area (Å²) in [5.74, 6) is -3.17. The summed E-state index contributed by atoms with van der Waals surface area (Å²) in [7, 11) is 1.00. The summed E-state index contributed by atoms with van der Waals surface area (Å²) in [6.45, 7) is 2.36. The van der Waals surface area contributed by atoms with E-state index in [0.717, 1.165) is 18.2 Å². The first-order valence-electron chi connectivity index (χ1n) is 13.8. The molecule has 0 saturated carbocycles. The Morgan fingerprint density at radius 2 is 1.48 bits per heavy atom. The molecule has 0 spiro atoms. The monoisotopic (exact) mass is 633 g/mol. The molecule has 13 nitrogen and oxygen atoms in total. The number of phenolic OH excluding ortho intramolecular Hbond substituents is 1. The molecule has 44 heavy (non-hydrogen) atoms. The van der Waals surface area contributed by atoms with Gasteiger partial charge in [-0.25, -0.2) is 4.79 Å². The predicted molar refractivity (Wildman–Crippen MR) is 168 cm³/mol. The highest BCUT2D eigenvalue weighted by Crippen LogP contribution is 2.15. The Labute approximate surface area is 261 Å². The summed E-state index contributed by atoms with van der Waals surface area (Å²) >= 11 is 1.45. The molecular weight excluding hydrogens is 590 g/mol. The van der Waals surface area contributed by atoms with Gasteiger partial charge in [0.25, 0.3) is 0 Å². The van der Waals surface area contributed by atoms with Gasteiger partial charge in [-0.3, -0.25) is 19.2 Å². The Balaban J connectivity index is 0.00000474. The smallest absolute Gasteiger partial charge is 0.329 e. The number of phenols is 1. The second kappa shape index (κ2) is 19.2. The fourth-order valence-corrected chi connectivity index (χ4v) is 4.49. The van der Waals surface area contributed by atoms with Crippen LogP contribution in [0.5, 0.6) is 5.75 Å². The summed E-state index contributed by atoms with van der Waals surface area (Å²) in [5.41, 5.74) is 5.88. The Bertz CT molecular complexity index is 1230. The third-order valence-corrected chi connectivity index (χ3v) is 7.13. The molecule has 0 fully saturated rings. The zero-order valence-corrected chi connectivity index (χ0v) is 26.1. The van der Waals surface area contributed by atoms with Crippen LogP contribution in [0.4, 0.5) is 0 Å². The van der Waals surface area contributed by atoms with Gasteiger partial charge in [0.2, 0.25) is 23.6 Å². The number of nitrogens with two attached hydrogens (primary N) is 1. The number of carbonyl (C=O) groups is 5. The fraction of sp³-hybridized carbons (Fsp3) is 0.433. The lowest BCUT2D eigenvalue weighted by Gasteiger charge is -2.29. The molecule has 4 atom stereocenters. The van der Waals surface area contributed by atoms with Crippen molar-refractivity contribution in [2.75, 3.05) is 25.7 Å². The van der Waals surface area contributed by atoms with Gasteiger partial charge in [0.05, 0.1) is 12.6 Å². The van der Waals surface area contributed by atoms with E-state index < -0.39 is 59.8 Å². The van der Waals surface area contributed by atoms with Gasteiger partial charge in [0.15, 0.2) is 0 Å². The van der Waals surface area contributed by atoms with Crippen molar-refractivity contribution >= 4 is 41.4 Å². The average molecular weight is 634 g/mol. The summed E-state index contributed by atoms with van der Waals surface area (Å²) < 4.78 is 0. The molecule has 9 N–H and O–H groups in total. The van der Waals surface area contributed by atoms with Crippen LogP contribution >= 0.6 is 11.8 Å². The summed E-state index contributed by atoms with van der Waals surface area (Å²) in [6, 6.07) is 12.1. The van der Waals surface area contributed by atoms with E-state index in [9.17, 15) is 34.2 Å². The molecule has 0 bridgehead atoms. The van der Waals surface area contributed by atoms with Crippen LogP contribution in [0, 0.1) is 0 Å². The Kier molecular flexibility index (Phi) is 16.5. The maximum absolute atomic E-state index is 13.2. The second-order valence-corrected chi connectivity index (χ2v) is 11.1. The van der Waals surface area contributed by atoms with Gasteiger partial charge in [0, 0.05) is 13.5 Å². The molecule has 0 aliphatic heterocycles. The van der Waals surface area contributed by atoms with Gasteiger partial charge in [-0.15, -0.1) is 0 Å². The molecule has 2 aromatic rings. The van der Waals surface area contributed by atoms with Gasteiger partial charge in [-0.1, -0.05) is 42.5 Å². The lowest BCUT2D eigenvalue weighted by atomic mass is 9.97. The van der Waals surface area contributed by atoms with Crippen LogP contribution in [-0.4, -0.2) is 94.2 Å². The second-order valence-electron chi connectivity index (χ2n) is 10.1. The Morgan fingerprint density at radius 3 is 2.05 bits per heavy atom. The van der Waals surface area contributed by atoms with Gasteiger partial charge < -0.3 is 42.3 Å². The molecule has 2 rings (SSSR count). The summed E-state index contributed by atoms with van der Waals surface area (Å²) in [6.07, 6.45) is 2.29. The van der Waals surface area contributed by atoms with Crippen molar-refractivity contribution in [3.8, 4) is 5.75 Å². The number of amides is 4. The lowest BCUT2D eigenvalue weighted by molar-refractivity contribution is -0.147. The van der Waals surface area contributed by atoms with E-state index in [1.807, 2.05) is 6.26 Å². The number of carboxylic acid groups (broad SMARTS) is 1. The number of aliphatic hydroxyl groups excluding tert-OH is 1. The largest absolute Gasteiger partial charge is 0.508 e. The number of aromatic hydroxyl groups is 1. The number of benzene rings is 2. The number of carboxylic acids is 1. The van der Waals surface area contributed by atoms with Crippen LogP contribution in [-0.2, 0) is 36.8 Å². The van der Waals surface area contributed by atoms with Gasteiger partial charge >= 0.3 is 5.97 Å². The number of hydrogen-bond acceptors (Lipinski definition) is 9. The van der Waals surface area contributed by atoms with Crippen molar-refractivity contribution in [2.24, 2.45) is 5.73 Å². The average Bonchev–Trinajstić information content (AvgIpc) is 3.00. The highest BCUT2D eigenvalue weighted by atomic mass is 32.2. The van der Waals surface area contributed by atoms with E-state index in [4.69, 9.17) is 10.8 Å². The minimum atomic E-state index is -1.54. The number of hydrogen-bond donors (Lipinski definition) is 8. The summed E-state index contributed by atoms with van der Waals surface area (Å²) in [4.78, 5) is 62.9. The molecule has 0 saturated heterocycles. The molecule has 242 valence electrons. The van der Waals surface area contributed by atoms with E-state index >= 15 is 0 Å². The van der Waals surface area contributed by atoms with E-state index in [1.165, 1.54) is 37.7 Å². The molecular formula is C30H43N5O8S.